The Bertz CT molecular complexity index is 345. The average Bonchev–Trinajstić information content (AvgIpc) is 2.63. The Labute approximate surface area is 96.6 Å². The molecule has 0 aromatic carbocycles. The predicted molar refractivity (Wildman–Crippen MR) is 62.4 cm³/mol. The van der Waals surface area contributed by atoms with Crippen LogP contribution in [0.15, 0.2) is 12.4 Å². The maximum Gasteiger partial charge on any atom is 0.200 e. The molecule has 1 aromatic heterocycles. The summed E-state index contributed by atoms with van der Waals surface area (Å²) >= 11 is 0. The van der Waals surface area contributed by atoms with Crippen LogP contribution in [0.4, 0.5) is 0 Å². The molecule has 4 heteroatoms. The van der Waals surface area contributed by atoms with Crippen LogP contribution in [-0.4, -0.2) is 28.0 Å². The van der Waals surface area contributed by atoms with Gasteiger partial charge >= 0.3 is 0 Å². The smallest absolute Gasteiger partial charge is 0.200 e. The third-order valence-electron chi connectivity index (χ3n) is 2.58. The number of hydrogen-bond donors (Lipinski definition) is 0. The van der Waals surface area contributed by atoms with Crippen LogP contribution in [0, 0.1) is 5.92 Å². The molecule has 0 spiro atoms. The highest BCUT2D eigenvalue weighted by molar-refractivity contribution is 5.93. The monoisotopic (exact) mass is 224 g/mol. The fourth-order valence-electron chi connectivity index (χ4n) is 1.61. The van der Waals surface area contributed by atoms with E-state index in [1.54, 1.807) is 17.0 Å². The third-order valence-corrected chi connectivity index (χ3v) is 2.58. The number of Topliss-reactive ketones (excluding diaryl/α,β-unsaturated/α-hetero) is 1. The van der Waals surface area contributed by atoms with Gasteiger partial charge in [0.2, 0.25) is 5.78 Å². The number of ketones is 1. The van der Waals surface area contributed by atoms with Gasteiger partial charge in [0.1, 0.15) is 0 Å². The van der Waals surface area contributed by atoms with E-state index in [4.69, 9.17) is 4.74 Å². The van der Waals surface area contributed by atoms with Gasteiger partial charge in [-0.15, -0.1) is 0 Å². The molecule has 1 aromatic rings. The number of imidazole rings is 1. The van der Waals surface area contributed by atoms with E-state index in [2.05, 4.69) is 18.8 Å². The topological polar surface area (TPSA) is 44.1 Å². The van der Waals surface area contributed by atoms with E-state index in [0.29, 0.717) is 24.8 Å². The Kier molecular flexibility index (Phi) is 4.68. The third kappa shape index (κ3) is 3.17. The molecular weight excluding hydrogens is 204 g/mol. The maximum absolute atomic E-state index is 12.0. The van der Waals surface area contributed by atoms with E-state index in [1.165, 1.54) is 0 Å². The molecule has 0 aliphatic heterocycles. The van der Waals surface area contributed by atoms with Crippen LogP contribution < -0.4 is 0 Å². The van der Waals surface area contributed by atoms with Gasteiger partial charge in [-0.3, -0.25) is 4.79 Å². The summed E-state index contributed by atoms with van der Waals surface area (Å²) in [5.74, 6) is 0.883. The second-order valence-corrected chi connectivity index (χ2v) is 4.23. The highest BCUT2D eigenvalue weighted by Gasteiger charge is 2.20. The second kappa shape index (κ2) is 5.80. The minimum atomic E-state index is -0.0193. The van der Waals surface area contributed by atoms with Gasteiger partial charge in [0.05, 0.1) is 6.10 Å². The summed E-state index contributed by atoms with van der Waals surface area (Å²) in [5, 5.41) is 0. The van der Waals surface area contributed by atoms with E-state index >= 15 is 0 Å². The number of rotatable bonds is 6. The van der Waals surface area contributed by atoms with Crippen LogP contribution in [0.2, 0.25) is 0 Å². The largest absolute Gasteiger partial charge is 0.378 e. The van der Waals surface area contributed by atoms with Crippen molar-refractivity contribution < 1.29 is 9.53 Å². The Balaban J connectivity index is 2.65. The predicted octanol–water partition coefficient (Wildman–Crippen LogP) is 2.05. The van der Waals surface area contributed by atoms with Gasteiger partial charge in [-0.05, 0) is 12.8 Å². The van der Waals surface area contributed by atoms with Crippen molar-refractivity contribution in [2.45, 2.75) is 33.3 Å². The van der Waals surface area contributed by atoms with Gasteiger partial charge in [0.25, 0.3) is 0 Å². The summed E-state index contributed by atoms with van der Waals surface area (Å²) in [5.41, 5.74) is 0. The van der Waals surface area contributed by atoms with Crippen molar-refractivity contribution >= 4 is 5.78 Å². The van der Waals surface area contributed by atoms with Gasteiger partial charge in [-0.25, -0.2) is 4.98 Å². The van der Waals surface area contributed by atoms with Crippen molar-refractivity contribution in [1.82, 2.24) is 9.55 Å². The Morgan fingerprint density at radius 3 is 2.69 bits per heavy atom. The molecule has 16 heavy (non-hydrogen) atoms. The molecule has 90 valence electrons. The lowest BCUT2D eigenvalue weighted by Gasteiger charge is -2.19. The van der Waals surface area contributed by atoms with Gasteiger partial charge in [-0.2, -0.15) is 0 Å². The Morgan fingerprint density at radius 2 is 2.25 bits per heavy atom. The number of ether oxygens (including phenoxy) is 1. The van der Waals surface area contributed by atoms with Crippen LogP contribution in [0.3, 0.4) is 0 Å². The van der Waals surface area contributed by atoms with Gasteiger partial charge in [0.15, 0.2) is 5.82 Å². The number of carbonyl (C=O) groups excluding carboxylic acids is 1. The fourth-order valence-corrected chi connectivity index (χ4v) is 1.61. The number of nitrogens with zero attached hydrogens (tertiary/aromatic N) is 2. The maximum atomic E-state index is 12.0. The van der Waals surface area contributed by atoms with E-state index in [1.807, 2.05) is 14.0 Å². The molecule has 4 nitrogen and oxygen atoms in total. The number of aromatic nitrogens is 2. The summed E-state index contributed by atoms with van der Waals surface area (Å²) in [6.07, 6.45) is 3.79. The van der Waals surface area contributed by atoms with Crippen LogP contribution in [-0.2, 0) is 11.8 Å². The summed E-state index contributed by atoms with van der Waals surface area (Å²) in [4.78, 5) is 16.0. The minimum absolute atomic E-state index is 0.0193. The normalized spacial score (nSPS) is 13.1. The summed E-state index contributed by atoms with van der Waals surface area (Å²) in [6, 6.07) is 0. The highest BCUT2D eigenvalue weighted by atomic mass is 16.5. The lowest BCUT2D eigenvalue weighted by atomic mass is 10.0. The molecule has 0 N–H and O–H groups in total. The molecule has 0 amide bonds. The molecule has 1 atom stereocenters. The first-order valence-corrected chi connectivity index (χ1v) is 5.68. The van der Waals surface area contributed by atoms with E-state index in [0.717, 1.165) is 0 Å². The zero-order valence-electron chi connectivity index (χ0n) is 10.4. The van der Waals surface area contributed by atoms with Crippen LogP contribution in [0.25, 0.3) is 0 Å². The lowest BCUT2D eigenvalue weighted by Crippen LogP contribution is -2.24. The molecule has 1 unspecified atom stereocenters. The van der Waals surface area contributed by atoms with E-state index < -0.39 is 0 Å². The van der Waals surface area contributed by atoms with Crippen molar-refractivity contribution in [1.29, 1.82) is 0 Å². The number of aryl methyl sites for hydroxylation is 1. The molecule has 0 radical (unpaired) electrons. The summed E-state index contributed by atoms with van der Waals surface area (Å²) in [7, 11) is 1.82. The lowest BCUT2D eigenvalue weighted by molar-refractivity contribution is 0.0247. The first-order chi connectivity index (χ1) is 7.56. The second-order valence-electron chi connectivity index (χ2n) is 4.23. The fraction of sp³-hybridized carbons (Fsp3) is 0.667. The summed E-state index contributed by atoms with van der Waals surface area (Å²) in [6.45, 7) is 6.70. The molecular formula is C12H20N2O2. The van der Waals surface area contributed by atoms with Crippen LogP contribution in [0.1, 0.15) is 37.8 Å². The van der Waals surface area contributed by atoms with Crippen molar-refractivity contribution in [2.24, 2.45) is 13.0 Å². The number of hydrogen-bond acceptors (Lipinski definition) is 3. The first kappa shape index (κ1) is 12.9. The molecule has 1 heterocycles. The van der Waals surface area contributed by atoms with E-state index in [9.17, 15) is 4.79 Å². The number of carbonyl (C=O) groups is 1. The zero-order valence-corrected chi connectivity index (χ0v) is 10.4. The van der Waals surface area contributed by atoms with Crippen molar-refractivity contribution in [3.05, 3.63) is 18.2 Å². The Hall–Kier alpha value is -1.16. The highest BCUT2D eigenvalue weighted by Crippen LogP contribution is 2.13. The molecule has 0 aliphatic carbocycles. The molecule has 0 aliphatic rings. The molecule has 0 saturated carbocycles. The first-order valence-electron chi connectivity index (χ1n) is 5.68. The van der Waals surface area contributed by atoms with Crippen LogP contribution >= 0.6 is 0 Å². The van der Waals surface area contributed by atoms with Crippen molar-refractivity contribution in [3.63, 3.8) is 0 Å². The Morgan fingerprint density at radius 1 is 1.56 bits per heavy atom. The molecule has 0 fully saturated rings. The van der Waals surface area contributed by atoms with Crippen molar-refractivity contribution in [3.8, 4) is 0 Å². The molecule has 1 rings (SSSR count). The average molecular weight is 224 g/mol. The zero-order chi connectivity index (χ0) is 12.1. The standard InChI is InChI=1S/C12H20N2O2/c1-5-16-11(9(2)3)8-10(15)12-13-6-7-14(12)4/h6-7,9,11H,5,8H2,1-4H3. The van der Waals surface area contributed by atoms with Gasteiger partial charge in [-0.1, -0.05) is 13.8 Å². The quantitative estimate of drug-likeness (QED) is 0.695. The van der Waals surface area contributed by atoms with Crippen LogP contribution in [0.5, 0.6) is 0 Å². The minimum Gasteiger partial charge on any atom is -0.378 e. The van der Waals surface area contributed by atoms with Gasteiger partial charge < -0.3 is 9.30 Å². The van der Waals surface area contributed by atoms with Gasteiger partial charge in [0, 0.05) is 32.5 Å². The molecule has 0 saturated heterocycles. The van der Waals surface area contributed by atoms with E-state index in [-0.39, 0.29) is 11.9 Å². The SMILES string of the molecule is CCOC(CC(=O)c1nccn1C)C(C)C. The summed E-state index contributed by atoms with van der Waals surface area (Å²) < 4.78 is 7.30. The van der Waals surface area contributed by atoms with Crippen molar-refractivity contribution in [2.75, 3.05) is 6.61 Å². The molecule has 0 bridgehead atoms.